The van der Waals surface area contributed by atoms with E-state index in [4.69, 9.17) is 58.7 Å². The average molecular weight is 559 g/mol. The second kappa shape index (κ2) is 10.2. The molecule has 0 bridgehead atoms. The highest BCUT2D eigenvalue weighted by Gasteiger charge is 2.55. The molecule has 1 amide bonds. The van der Waals surface area contributed by atoms with Crippen molar-refractivity contribution in [2.24, 2.45) is 11.3 Å². The maximum absolute atomic E-state index is 13.6. The van der Waals surface area contributed by atoms with E-state index in [1.54, 1.807) is 12.1 Å². The van der Waals surface area contributed by atoms with E-state index in [2.05, 4.69) is 10.4 Å². The average Bonchev–Trinajstić information content (AvgIpc) is 3.36. The van der Waals surface area contributed by atoms with E-state index in [0.29, 0.717) is 34.4 Å². The summed E-state index contributed by atoms with van der Waals surface area (Å²) in [5.41, 5.74) is 2.08. The fourth-order valence-corrected chi connectivity index (χ4v) is 6.90. The van der Waals surface area contributed by atoms with E-state index < -0.39 is 11.3 Å². The van der Waals surface area contributed by atoms with Crippen LogP contribution in [0.2, 0.25) is 5.02 Å². The van der Waals surface area contributed by atoms with Gasteiger partial charge in [0, 0.05) is 16.8 Å². The van der Waals surface area contributed by atoms with Crippen molar-refractivity contribution < 1.29 is 14.7 Å². The van der Waals surface area contributed by atoms with Gasteiger partial charge < -0.3 is 10.4 Å². The number of halogens is 1. The molecule has 6 nitrogen and oxygen atoms in total. The van der Waals surface area contributed by atoms with E-state index >= 15 is 0 Å². The largest absolute Gasteiger partial charge is 0.481 e. The molecule has 13 heteroatoms. The molecule has 1 spiro atoms. The number of nitrogens with zero attached hydrogens (tertiary/aromatic N) is 2. The number of carbonyl (C=O) groups is 2. The van der Waals surface area contributed by atoms with Crippen molar-refractivity contribution in [1.82, 2.24) is 15.1 Å². The summed E-state index contributed by atoms with van der Waals surface area (Å²) in [6, 6.07) is 12.2. The van der Waals surface area contributed by atoms with Crippen molar-refractivity contribution >= 4 is 103 Å². The third kappa shape index (κ3) is 4.45. The van der Waals surface area contributed by atoms with Crippen molar-refractivity contribution in [1.29, 1.82) is 0 Å². The van der Waals surface area contributed by atoms with Crippen LogP contribution in [0.4, 0.5) is 0 Å². The molecule has 12 radical (unpaired) electrons. The van der Waals surface area contributed by atoms with Gasteiger partial charge in [-0.25, -0.2) is 0 Å². The lowest BCUT2D eigenvalue weighted by Gasteiger charge is -2.56. The third-order valence-electron chi connectivity index (χ3n) is 8.80. The molecule has 3 aromatic carbocycles. The molecule has 0 aliphatic heterocycles. The van der Waals surface area contributed by atoms with Gasteiger partial charge in [-0.05, 0) is 54.4 Å². The Morgan fingerprint density at radius 1 is 0.952 bits per heavy atom. The Morgan fingerprint density at radius 2 is 1.57 bits per heavy atom. The molecule has 2 fully saturated rings. The number of hydrogen-bond acceptors (Lipinski definition) is 3. The summed E-state index contributed by atoms with van der Waals surface area (Å²) >= 11 is 6.49. The van der Waals surface area contributed by atoms with Gasteiger partial charge in [-0.15, -0.1) is 0 Å². The Hall–Kier alpha value is -3.25. The van der Waals surface area contributed by atoms with Crippen LogP contribution in [0.1, 0.15) is 41.6 Å². The van der Waals surface area contributed by atoms with Gasteiger partial charge in [0.05, 0.1) is 43.9 Å². The van der Waals surface area contributed by atoms with Gasteiger partial charge in [-0.2, -0.15) is 5.10 Å². The number of carboxylic acid groups (broad SMARTS) is 1. The number of nitrogens with one attached hydrogen (secondary N) is 1. The summed E-state index contributed by atoms with van der Waals surface area (Å²) < 4.78 is 1.25. The molecule has 2 saturated carbocycles. The molecule has 1 heterocycles. The van der Waals surface area contributed by atoms with E-state index in [1.165, 1.54) is 10.9 Å². The topological polar surface area (TPSA) is 84.2 Å². The van der Waals surface area contributed by atoms with Crippen molar-refractivity contribution in [2.45, 2.75) is 37.1 Å². The summed E-state index contributed by atoms with van der Waals surface area (Å²) in [6.07, 6.45) is 4.16. The molecular formula is C29H20B6ClN3O3. The quantitative estimate of drug-likeness (QED) is 0.324. The predicted octanol–water partition coefficient (Wildman–Crippen LogP) is -0.0993. The van der Waals surface area contributed by atoms with Gasteiger partial charge in [0.1, 0.15) is 31.4 Å². The van der Waals surface area contributed by atoms with Crippen molar-refractivity contribution in [2.75, 3.05) is 0 Å². The molecule has 0 unspecified atom stereocenters. The summed E-state index contributed by atoms with van der Waals surface area (Å²) in [5, 5.41) is 15.4. The van der Waals surface area contributed by atoms with Crippen molar-refractivity contribution in [3.63, 3.8) is 0 Å². The first kappa shape index (κ1) is 28.8. The van der Waals surface area contributed by atoms with Crippen LogP contribution in [0, 0.1) is 11.3 Å². The first-order valence-corrected chi connectivity index (χ1v) is 13.8. The Labute approximate surface area is 256 Å². The lowest BCUT2D eigenvalue weighted by molar-refractivity contribution is -0.155. The highest BCUT2D eigenvalue weighted by atomic mass is 35.5. The predicted molar refractivity (Wildman–Crippen MR) is 170 cm³/mol. The Kier molecular flexibility index (Phi) is 7.00. The van der Waals surface area contributed by atoms with Crippen LogP contribution in [-0.4, -0.2) is 79.9 Å². The van der Waals surface area contributed by atoms with E-state index in [0.717, 1.165) is 12.8 Å². The second-order valence-corrected chi connectivity index (χ2v) is 11.9. The number of hydrogen-bond donors (Lipinski definition) is 2. The zero-order valence-corrected chi connectivity index (χ0v) is 23.4. The van der Waals surface area contributed by atoms with Gasteiger partial charge in [0.25, 0.3) is 5.91 Å². The number of aliphatic carboxylic acids is 1. The first-order valence-electron chi connectivity index (χ1n) is 13.4. The Morgan fingerprint density at radius 3 is 2.17 bits per heavy atom. The first-order chi connectivity index (χ1) is 19.8. The zero-order valence-electron chi connectivity index (χ0n) is 22.6. The molecule has 2 aliphatic carbocycles. The Balaban J connectivity index is 1.37. The van der Waals surface area contributed by atoms with Crippen LogP contribution >= 0.6 is 11.6 Å². The number of fused-ring (bicyclic) bond motifs is 1. The van der Waals surface area contributed by atoms with E-state index in [1.807, 2.05) is 30.3 Å². The smallest absolute Gasteiger partial charge is 0.306 e. The number of rotatable bonds is 6. The van der Waals surface area contributed by atoms with Crippen molar-refractivity contribution in [3.05, 3.63) is 64.8 Å². The molecule has 4 aromatic rings. The summed E-state index contributed by atoms with van der Waals surface area (Å²) in [5.74, 6) is -1.45. The van der Waals surface area contributed by atoms with Crippen LogP contribution in [0.3, 0.4) is 0 Å². The fourth-order valence-electron chi connectivity index (χ4n) is 6.70. The highest BCUT2D eigenvalue weighted by molar-refractivity contribution is 6.62. The van der Waals surface area contributed by atoms with Crippen LogP contribution in [0.25, 0.3) is 22.0 Å². The van der Waals surface area contributed by atoms with E-state index in [9.17, 15) is 14.7 Å². The van der Waals surface area contributed by atoms with Gasteiger partial charge in [0.15, 0.2) is 0 Å². The molecule has 2 N–H and O–H groups in total. The lowest BCUT2D eigenvalue weighted by Crippen LogP contribution is -2.57. The normalized spacial score (nSPS) is 21.5. The molecule has 1 aromatic heterocycles. The molecule has 194 valence electrons. The zero-order chi connectivity index (χ0) is 30.1. The molecule has 42 heavy (non-hydrogen) atoms. The maximum Gasteiger partial charge on any atom is 0.306 e. The van der Waals surface area contributed by atoms with Gasteiger partial charge in [0.2, 0.25) is 0 Å². The Bertz CT molecular complexity index is 1730. The minimum atomic E-state index is -1.99. The van der Waals surface area contributed by atoms with Crippen LogP contribution in [0.15, 0.2) is 48.7 Å². The maximum atomic E-state index is 13.6. The third-order valence-corrected chi connectivity index (χ3v) is 9.13. The second-order valence-electron chi connectivity index (χ2n) is 11.5. The summed E-state index contributed by atoms with van der Waals surface area (Å²) in [7, 11) is 39.4. The minimum Gasteiger partial charge on any atom is -0.481 e. The van der Waals surface area contributed by atoms with Crippen molar-refractivity contribution in [3.8, 4) is 11.1 Å². The van der Waals surface area contributed by atoms with Gasteiger partial charge in [-0.1, -0.05) is 69.3 Å². The molecular weight excluding hydrogens is 539 g/mol. The fraction of sp³-hybridized carbons (Fsp3) is 0.276. The standard InChI is InChI=1S/C29H20B6ClN3O3/c30-21-19(13-4-2-1-3-5-13)22(31)24(33)20(23(21)32)29(34,35)39-25-16(6-7-18(36)17(25)12-37-39)26(40)38-15-10-28(11-15)8-14(9-28)27(41)42/h1-7,12,14-15H,8-11H2,(H,38,40)(H,41,42). The monoisotopic (exact) mass is 559 g/mol. The minimum absolute atomic E-state index is 0.0113. The highest BCUT2D eigenvalue weighted by Crippen LogP contribution is 2.58. The summed E-state index contributed by atoms with van der Waals surface area (Å²) in [4.78, 5) is 24.8. The van der Waals surface area contributed by atoms with Crippen LogP contribution in [0.5, 0.6) is 0 Å². The van der Waals surface area contributed by atoms with E-state index in [-0.39, 0.29) is 61.8 Å². The number of carboxylic acids is 1. The van der Waals surface area contributed by atoms with Crippen LogP contribution in [-0.2, 0) is 10.1 Å². The lowest BCUT2D eigenvalue weighted by atomic mass is 9.50. The number of amides is 1. The SMILES string of the molecule is [B]c1c([B])c(C([B])([B])n2ncc3c(Cl)ccc(C(=O)NC4CC5(C4)CC(C(=O)O)C5)c32)c([B])c([B])c1-c1ccccc1. The number of benzene rings is 3. The van der Waals surface area contributed by atoms with Crippen LogP contribution < -0.4 is 27.2 Å². The molecule has 0 atom stereocenters. The molecule has 0 saturated heterocycles. The molecule has 6 rings (SSSR count). The van der Waals surface area contributed by atoms with Gasteiger partial charge >= 0.3 is 5.97 Å². The number of aromatic nitrogens is 2. The van der Waals surface area contributed by atoms with Gasteiger partial charge in [-0.3, -0.25) is 14.3 Å². The number of carbonyl (C=O) groups excluding carboxylic acids is 1. The summed E-state index contributed by atoms with van der Waals surface area (Å²) in [6.45, 7) is 0. The molecule has 2 aliphatic rings.